The Morgan fingerprint density at radius 1 is 0.859 bits per heavy atom. The molecule has 10 atom stereocenters. The number of hydrogen-bond donors (Lipinski definition) is 10. The van der Waals surface area contributed by atoms with Gasteiger partial charge in [-0.25, -0.2) is 9.78 Å². The molecule has 5 heterocycles. The van der Waals surface area contributed by atoms with Crippen molar-refractivity contribution in [3.63, 3.8) is 0 Å². The lowest BCUT2D eigenvalue weighted by Crippen LogP contribution is -2.54. The number of imide groups is 1. The number of allylic oxidation sites excluding steroid dienone is 3. The van der Waals surface area contributed by atoms with Gasteiger partial charge in [0.25, 0.3) is 17.7 Å². The Morgan fingerprint density at radius 2 is 1.56 bits per heavy atom. The lowest BCUT2D eigenvalue weighted by atomic mass is 9.80. The van der Waals surface area contributed by atoms with Crippen LogP contribution < -0.4 is 58.0 Å². The fraction of sp³-hybridized carbons (Fsp3) is 0.479. The van der Waals surface area contributed by atoms with Crippen LogP contribution in [0.3, 0.4) is 0 Å². The first-order valence-corrected chi connectivity index (χ1v) is 33.8. The zero-order chi connectivity index (χ0) is 71.9. The molecule has 9 rings (SSSR count). The number of aliphatic hydroxyl groups is 3. The summed E-state index contributed by atoms with van der Waals surface area (Å²) in [6.07, 6.45) is 11.5. The molecule has 4 bridgehead atoms. The molecule has 4 aromatic carbocycles. The number of benzene rings is 4. The molecule has 5 aromatic rings. The molecule has 1 aromatic heterocycles. The number of hydrogen-bond acceptors (Lipinski definition) is 19. The van der Waals surface area contributed by atoms with Crippen molar-refractivity contribution in [2.45, 2.75) is 162 Å². The summed E-state index contributed by atoms with van der Waals surface area (Å²) in [4.78, 5) is 128. The molecule has 4 aliphatic rings. The molecule has 1 fully saturated rings. The molecule has 0 aliphatic carbocycles. The number of aromatic nitrogens is 1. The van der Waals surface area contributed by atoms with Gasteiger partial charge in [0, 0.05) is 111 Å². The highest BCUT2D eigenvalue weighted by atomic mass is 16.7. The second-order valence-electron chi connectivity index (χ2n) is 27.1. The Hall–Kier alpha value is -9.66. The number of urea groups is 1. The first kappa shape index (κ1) is 73.6. The number of phenolic OH excluding ortho intramolecular Hbond substituents is 1. The number of carbonyl (C=O) groups excluding carboxylic acids is 7. The summed E-state index contributed by atoms with van der Waals surface area (Å²) in [5.41, 5.74) is 4.93. The number of carbonyl (C=O) groups is 7. The van der Waals surface area contributed by atoms with Crippen LogP contribution in [-0.2, 0) is 38.2 Å². The third-order valence-electron chi connectivity index (χ3n) is 19.5. The van der Waals surface area contributed by atoms with Crippen molar-refractivity contribution in [1.82, 2.24) is 25.8 Å². The van der Waals surface area contributed by atoms with Gasteiger partial charge >= 0.3 is 11.8 Å². The molecule has 26 heteroatoms. The highest BCUT2D eigenvalue weighted by molar-refractivity contribution is 6.17. The van der Waals surface area contributed by atoms with Gasteiger partial charge in [0.05, 0.1) is 35.2 Å². The number of ether oxygens (including phenoxy) is 3. The zero-order valence-electron chi connectivity index (χ0n) is 57.6. The molecule has 99 heavy (non-hydrogen) atoms. The Bertz CT molecular complexity index is 4230. The maximum absolute atomic E-state index is 15.1. The number of unbranched alkanes of at least 4 members (excludes halogenated alkanes) is 2. The van der Waals surface area contributed by atoms with E-state index in [2.05, 4.69) is 26.6 Å². The highest BCUT2D eigenvalue weighted by Crippen LogP contribution is 2.43. The first-order chi connectivity index (χ1) is 47.0. The van der Waals surface area contributed by atoms with E-state index in [0.29, 0.717) is 63.0 Å². The molecular formula is C73H91N9O17. The van der Waals surface area contributed by atoms with Gasteiger partial charge in [0.15, 0.2) is 22.4 Å². The number of fused-ring (bicyclic) bond motifs is 2. The minimum Gasteiger partial charge on any atom is -0.507 e. The second kappa shape index (κ2) is 31.5. The number of piperidine rings is 1. The molecule has 26 nitrogen and oxygen atoms in total. The molecule has 8 amide bonds. The predicted octanol–water partition coefficient (Wildman–Crippen LogP) is 6.90. The van der Waals surface area contributed by atoms with Crippen LogP contribution in [0, 0.1) is 36.5 Å². The molecule has 1 saturated heterocycles. The number of nitrogens with one attached hydrogen (secondary N) is 5. The topological polar surface area (TPSA) is 381 Å². The van der Waals surface area contributed by atoms with Gasteiger partial charge in [-0.15, -0.1) is 0 Å². The van der Waals surface area contributed by atoms with Gasteiger partial charge in [-0.2, -0.15) is 0 Å². The van der Waals surface area contributed by atoms with E-state index < -0.39 is 99.8 Å². The summed E-state index contributed by atoms with van der Waals surface area (Å²) in [7, 11) is 1.46. The van der Waals surface area contributed by atoms with Gasteiger partial charge in [-0.05, 0) is 106 Å². The third-order valence-corrected chi connectivity index (χ3v) is 19.5. The number of amides is 8. The van der Waals surface area contributed by atoms with E-state index in [1.54, 1.807) is 65.0 Å². The molecule has 0 spiro atoms. The average molecular weight is 1370 g/mol. The Morgan fingerprint density at radius 3 is 2.22 bits per heavy atom. The SMILES string of the molecule is CO[C@H]1/C=C/O[C@@]2(C)Oc3c(C)c(O)c4c(=O)c(c5oc6cc(N7CCC(c8ccc(NC(=O)[C@H](CCCNC(N)=O)NC(=O)C(NC(=O)CCCCCN9C(=O)C=CC9=O)C(C)C)cc8)CC7)cc(=O)c6nc5c4c3=C2O)NC(=O)/C(C)=C\C=C\[C@H](C)C[C@@H](C)[C@@H](O)[C@@H](C)[C@H](O)[C@@H]1C. The number of primary amides is 1. The van der Waals surface area contributed by atoms with E-state index in [1.165, 1.54) is 51.5 Å². The molecule has 11 N–H and O–H groups in total. The van der Waals surface area contributed by atoms with Crippen molar-refractivity contribution < 1.29 is 72.6 Å². The monoisotopic (exact) mass is 1370 g/mol. The number of aromatic hydroxyl groups is 1. The van der Waals surface area contributed by atoms with Crippen LogP contribution >= 0.6 is 0 Å². The molecule has 4 aliphatic heterocycles. The van der Waals surface area contributed by atoms with E-state index in [1.807, 2.05) is 37.0 Å². The maximum Gasteiger partial charge on any atom is 0.312 e. The number of nitrogens with zero attached hydrogens (tertiary/aromatic N) is 3. The lowest BCUT2D eigenvalue weighted by Gasteiger charge is -2.34. The number of phenols is 1. The average Bonchev–Trinajstić information content (AvgIpc) is 1.68. The van der Waals surface area contributed by atoms with Crippen LogP contribution in [0.15, 0.2) is 98.7 Å². The molecular weight excluding hydrogens is 1270 g/mol. The molecule has 0 radical (unpaired) electrons. The number of methoxy groups -OCH3 is 1. The van der Waals surface area contributed by atoms with Crippen LogP contribution in [0.1, 0.15) is 130 Å². The van der Waals surface area contributed by atoms with Gasteiger partial charge in [0.2, 0.25) is 28.6 Å². The summed E-state index contributed by atoms with van der Waals surface area (Å²) in [6.45, 7) is 16.7. The van der Waals surface area contributed by atoms with Crippen LogP contribution in [-0.4, -0.2) is 141 Å². The third kappa shape index (κ3) is 16.4. The van der Waals surface area contributed by atoms with E-state index in [-0.39, 0.29) is 129 Å². The fourth-order valence-corrected chi connectivity index (χ4v) is 13.5. The molecule has 1 unspecified atom stereocenters. The highest BCUT2D eigenvalue weighted by Gasteiger charge is 2.44. The van der Waals surface area contributed by atoms with Crippen LogP contribution in [0.2, 0.25) is 0 Å². The van der Waals surface area contributed by atoms with Gasteiger partial charge in [0.1, 0.15) is 34.8 Å². The van der Waals surface area contributed by atoms with Crippen molar-refractivity contribution in [3.8, 4) is 11.5 Å². The summed E-state index contributed by atoms with van der Waals surface area (Å²) in [5, 5.41) is 60.4. The number of anilines is 3. The summed E-state index contributed by atoms with van der Waals surface area (Å²) in [6, 6.07) is 7.57. The second-order valence-corrected chi connectivity index (χ2v) is 27.1. The van der Waals surface area contributed by atoms with E-state index in [0.717, 1.165) is 10.5 Å². The maximum atomic E-state index is 15.1. The summed E-state index contributed by atoms with van der Waals surface area (Å²) >= 11 is 0. The van der Waals surface area contributed by atoms with E-state index >= 15 is 4.79 Å². The van der Waals surface area contributed by atoms with Crippen molar-refractivity contribution in [2.24, 2.45) is 35.3 Å². The predicted molar refractivity (Wildman–Crippen MR) is 373 cm³/mol. The smallest absolute Gasteiger partial charge is 0.312 e. The largest absolute Gasteiger partial charge is 0.507 e. The fourth-order valence-electron chi connectivity index (χ4n) is 13.5. The van der Waals surface area contributed by atoms with Gasteiger partial charge < -0.3 is 76.3 Å². The first-order valence-electron chi connectivity index (χ1n) is 33.8. The quantitative estimate of drug-likeness (QED) is 0.0174. The van der Waals surface area contributed by atoms with E-state index in [4.69, 9.17) is 29.3 Å². The van der Waals surface area contributed by atoms with Crippen LogP contribution in [0.4, 0.5) is 21.9 Å². The minimum atomic E-state index is -2.00. The van der Waals surface area contributed by atoms with Crippen molar-refractivity contribution in [2.75, 3.05) is 48.8 Å². The van der Waals surface area contributed by atoms with Crippen molar-refractivity contribution >= 4 is 97.3 Å². The van der Waals surface area contributed by atoms with Crippen LogP contribution in [0.25, 0.3) is 38.7 Å². The van der Waals surface area contributed by atoms with Crippen molar-refractivity contribution in [3.05, 3.63) is 121 Å². The Labute approximate surface area is 572 Å². The van der Waals surface area contributed by atoms with Gasteiger partial charge in [-0.1, -0.05) is 78.3 Å². The lowest BCUT2D eigenvalue weighted by molar-refractivity contribution is -0.137. The number of nitrogens with two attached hydrogens (primary N) is 1. The van der Waals surface area contributed by atoms with Crippen molar-refractivity contribution in [1.29, 1.82) is 0 Å². The zero-order valence-corrected chi connectivity index (χ0v) is 57.6. The minimum absolute atomic E-state index is 0.0325. The standard InChI is InChI=1S/C73H91N9O17/c1-37(2)58(78-52(84)19-12-11-13-30-82-53(85)24-25-54(82)86)71(94)77-48(18-15-29-75-72(74)95)70(93)76-46-22-20-44(21-23-46)45-26-31-81(32-27-45)47-35-49(83)59-51(36-47)98-67-60(79-59)55-56-64(89)43(8)66-57(55)68(91)73(9,99-66)97-33-28-50(96-10)41(6)63(88)42(7)62(87)40(5)34-38(3)16-14-17-39(4)69(92)80-61(67)65(56)90/h14,16-17,20-25,28,33,35-38,40-42,45,48,50,58,62-63,87-89,91H,11-13,15,18-19,26-27,29-32,34H2,1-10H3,(H,76,93)(H,77,94)(H,78,84)(H,80,92)(H3,74,75,95)/b16-14+,33-28+,39-17-/t38-,40+,41+,42+,48-,50-,58?,62+,63+,73-/m0/s1. The number of rotatable bonds is 19. The Balaban J connectivity index is 0.949. The van der Waals surface area contributed by atoms with E-state index in [9.17, 15) is 58.8 Å². The number of aliphatic hydroxyl groups excluding tert-OH is 3. The summed E-state index contributed by atoms with van der Waals surface area (Å²) in [5.74, 6) is -7.86. The normalized spacial score (nSPS) is 24.3. The summed E-state index contributed by atoms with van der Waals surface area (Å²) < 4.78 is 24.9. The van der Waals surface area contributed by atoms with Gasteiger partial charge in [-0.3, -0.25) is 43.3 Å². The Kier molecular flexibility index (Phi) is 23.4. The molecule has 530 valence electrons. The van der Waals surface area contributed by atoms with Crippen LogP contribution in [0.5, 0.6) is 11.5 Å². The molecule has 0 saturated carbocycles.